The van der Waals surface area contributed by atoms with Gasteiger partial charge in [0.1, 0.15) is 11.8 Å². The zero-order valence-corrected chi connectivity index (χ0v) is 15.0. The molecule has 0 saturated carbocycles. The van der Waals surface area contributed by atoms with Gasteiger partial charge in [-0.1, -0.05) is 36.4 Å². The molecule has 2 aromatic heterocycles. The molecule has 0 spiro atoms. The lowest BCUT2D eigenvalue weighted by molar-refractivity contribution is 0.176. The van der Waals surface area contributed by atoms with E-state index >= 15 is 0 Å². The molecule has 0 aliphatic rings. The van der Waals surface area contributed by atoms with Crippen molar-refractivity contribution in [2.24, 2.45) is 0 Å². The molecule has 1 atom stereocenters. The molecule has 3 rings (SSSR count). The van der Waals surface area contributed by atoms with E-state index in [9.17, 15) is 4.79 Å². The van der Waals surface area contributed by atoms with Gasteiger partial charge in [-0.15, -0.1) is 0 Å². The van der Waals surface area contributed by atoms with Crippen LogP contribution in [0.5, 0.6) is 0 Å². The molecule has 0 saturated heterocycles. The predicted octanol–water partition coefficient (Wildman–Crippen LogP) is 4.38. The normalized spacial score (nSPS) is 12.0. The van der Waals surface area contributed by atoms with Crippen LogP contribution in [0, 0.1) is 0 Å². The number of urea groups is 1. The summed E-state index contributed by atoms with van der Waals surface area (Å²) in [6, 6.07) is 16.9. The Hall–Kier alpha value is -3.08. The third-order valence-corrected chi connectivity index (χ3v) is 4.19. The van der Waals surface area contributed by atoms with Crippen LogP contribution in [0.15, 0.2) is 77.7 Å². The van der Waals surface area contributed by atoms with E-state index in [-0.39, 0.29) is 18.1 Å². The molecule has 0 aliphatic carbocycles. The fourth-order valence-corrected chi connectivity index (χ4v) is 2.80. The first kappa shape index (κ1) is 17.7. The second-order valence-electron chi connectivity index (χ2n) is 6.39. The SMILES string of the molecule is CC(C)N(Cc1cccnc1)C(=O)N[C@@H](c1ccccc1)c1ccco1. The minimum absolute atomic E-state index is 0.0447. The average Bonchev–Trinajstić information content (AvgIpc) is 3.19. The lowest BCUT2D eigenvalue weighted by Crippen LogP contribution is -2.45. The van der Waals surface area contributed by atoms with Crippen LogP contribution in [-0.4, -0.2) is 22.0 Å². The predicted molar refractivity (Wildman–Crippen MR) is 100 cm³/mol. The van der Waals surface area contributed by atoms with Crippen molar-refractivity contribution < 1.29 is 9.21 Å². The average molecular weight is 349 g/mol. The number of nitrogens with zero attached hydrogens (tertiary/aromatic N) is 2. The maximum Gasteiger partial charge on any atom is 0.318 e. The maximum atomic E-state index is 13.0. The molecule has 1 aromatic carbocycles. The number of carbonyl (C=O) groups excluding carboxylic acids is 1. The van der Waals surface area contributed by atoms with Crippen molar-refractivity contribution in [2.75, 3.05) is 0 Å². The molecule has 3 aromatic rings. The van der Waals surface area contributed by atoms with Crippen molar-refractivity contribution in [3.8, 4) is 0 Å². The van der Waals surface area contributed by atoms with Gasteiger partial charge in [-0.3, -0.25) is 4.98 Å². The van der Waals surface area contributed by atoms with Gasteiger partial charge in [0.05, 0.1) is 6.26 Å². The highest BCUT2D eigenvalue weighted by Gasteiger charge is 2.24. The smallest absolute Gasteiger partial charge is 0.318 e. The van der Waals surface area contributed by atoms with E-state index in [1.807, 2.05) is 68.4 Å². The fourth-order valence-electron chi connectivity index (χ4n) is 2.80. The Balaban J connectivity index is 1.81. The number of furan rings is 1. The quantitative estimate of drug-likeness (QED) is 0.718. The van der Waals surface area contributed by atoms with Gasteiger partial charge in [0.2, 0.25) is 0 Å². The second kappa shape index (κ2) is 8.34. The lowest BCUT2D eigenvalue weighted by Gasteiger charge is -2.29. The highest BCUT2D eigenvalue weighted by molar-refractivity contribution is 5.75. The molecule has 2 heterocycles. The highest BCUT2D eigenvalue weighted by Crippen LogP contribution is 2.23. The van der Waals surface area contributed by atoms with E-state index in [1.54, 1.807) is 23.6 Å². The molecule has 1 N–H and O–H groups in total. The Labute approximate surface area is 153 Å². The number of hydrogen-bond donors (Lipinski definition) is 1. The summed E-state index contributed by atoms with van der Waals surface area (Å²) >= 11 is 0. The highest BCUT2D eigenvalue weighted by atomic mass is 16.3. The number of pyridine rings is 1. The summed E-state index contributed by atoms with van der Waals surface area (Å²) in [5.41, 5.74) is 1.96. The van der Waals surface area contributed by atoms with Gasteiger partial charge in [0.15, 0.2) is 0 Å². The summed E-state index contributed by atoms with van der Waals surface area (Å²) in [5.74, 6) is 0.703. The Morgan fingerprint density at radius 1 is 1.12 bits per heavy atom. The van der Waals surface area contributed by atoms with Crippen LogP contribution in [0.1, 0.15) is 36.8 Å². The molecule has 0 aliphatic heterocycles. The van der Waals surface area contributed by atoms with Crippen LogP contribution < -0.4 is 5.32 Å². The van der Waals surface area contributed by atoms with E-state index in [0.717, 1.165) is 11.1 Å². The molecule has 0 radical (unpaired) electrons. The first-order valence-corrected chi connectivity index (χ1v) is 8.69. The van der Waals surface area contributed by atoms with Gasteiger partial charge in [-0.25, -0.2) is 4.79 Å². The Morgan fingerprint density at radius 2 is 1.92 bits per heavy atom. The number of aromatic nitrogens is 1. The molecule has 5 heteroatoms. The number of hydrogen-bond acceptors (Lipinski definition) is 3. The molecule has 26 heavy (non-hydrogen) atoms. The van der Waals surface area contributed by atoms with Crippen molar-refractivity contribution >= 4 is 6.03 Å². The number of nitrogens with one attached hydrogen (secondary N) is 1. The van der Waals surface area contributed by atoms with Gasteiger partial charge in [0.25, 0.3) is 0 Å². The standard InChI is InChI=1S/C21H23N3O2/c1-16(2)24(15-17-8-6-12-22-14-17)21(25)23-20(19-11-7-13-26-19)18-9-4-3-5-10-18/h3-14,16,20H,15H2,1-2H3,(H,23,25)/t20-/m0/s1. The van der Waals surface area contributed by atoms with Gasteiger partial charge in [-0.05, 0) is 43.2 Å². The number of amides is 2. The van der Waals surface area contributed by atoms with E-state index in [2.05, 4.69) is 10.3 Å². The van der Waals surface area contributed by atoms with Crippen molar-refractivity contribution in [2.45, 2.75) is 32.5 Å². The molecule has 5 nitrogen and oxygen atoms in total. The zero-order chi connectivity index (χ0) is 18.4. The van der Waals surface area contributed by atoms with E-state index in [0.29, 0.717) is 12.3 Å². The van der Waals surface area contributed by atoms with E-state index in [4.69, 9.17) is 4.42 Å². The zero-order valence-electron chi connectivity index (χ0n) is 15.0. The Morgan fingerprint density at radius 3 is 2.54 bits per heavy atom. The summed E-state index contributed by atoms with van der Waals surface area (Å²) in [5, 5.41) is 3.11. The topological polar surface area (TPSA) is 58.4 Å². The van der Waals surface area contributed by atoms with Crippen LogP contribution >= 0.6 is 0 Å². The third kappa shape index (κ3) is 4.30. The molecular formula is C21H23N3O2. The van der Waals surface area contributed by atoms with Crippen LogP contribution in [0.25, 0.3) is 0 Å². The molecule has 134 valence electrons. The minimum Gasteiger partial charge on any atom is -0.467 e. The van der Waals surface area contributed by atoms with Crippen molar-refractivity contribution in [3.05, 3.63) is 90.1 Å². The lowest BCUT2D eigenvalue weighted by atomic mass is 10.0. The molecule has 0 unspecified atom stereocenters. The number of rotatable bonds is 6. The largest absolute Gasteiger partial charge is 0.467 e. The molecule has 0 bridgehead atoms. The molecule has 0 fully saturated rings. The van der Waals surface area contributed by atoms with E-state index < -0.39 is 0 Å². The number of carbonyl (C=O) groups is 1. The van der Waals surface area contributed by atoms with Crippen LogP contribution in [-0.2, 0) is 6.54 Å². The first-order chi connectivity index (χ1) is 12.6. The second-order valence-corrected chi connectivity index (χ2v) is 6.39. The van der Waals surface area contributed by atoms with Crippen LogP contribution in [0.3, 0.4) is 0 Å². The van der Waals surface area contributed by atoms with Crippen molar-refractivity contribution in [1.29, 1.82) is 0 Å². The summed E-state index contributed by atoms with van der Waals surface area (Å²) < 4.78 is 5.57. The van der Waals surface area contributed by atoms with Crippen molar-refractivity contribution in [1.82, 2.24) is 15.2 Å². The van der Waals surface area contributed by atoms with Crippen LogP contribution in [0.2, 0.25) is 0 Å². The Kier molecular flexibility index (Phi) is 5.69. The number of benzene rings is 1. The van der Waals surface area contributed by atoms with Crippen molar-refractivity contribution in [3.63, 3.8) is 0 Å². The monoisotopic (exact) mass is 349 g/mol. The van der Waals surface area contributed by atoms with Crippen LogP contribution in [0.4, 0.5) is 4.79 Å². The van der Waals surface area contributed by atoms with E-state index in [1.165, 1.54) is 0 Å². The van der Waals surface area contributed by atoms with Gasteiger partial charge in [0, 0.05) is 25.0 Å². The minimum atomic E-state index is -0.339. The third-order valence-electron chi connectivity index (χ3n) is 4.19. The molecular weight excluding hydrogens is 326 g/mol. The Bertz CT molecular complexity index is 802. The first-order valence-electron chi connectivity index (χ1n) is 8.69. The van der Waals surface area contributed by atoms with Gasteiger partial charge >= 0.3 is 6.03 Å². The summed E-state index contributed by atoms with van der Waals surface area (Å²) in [4.78, 5) is 18.9. The summed E-state index contributed by atoms with van der Waals surface area (Å²) in [6.07, 6.45) is 5.13. The summed E-state index contributed by atoms with van der Waals surface area (Å²) in [7, 11) is 0. The molecule has 2 amide bonds. The van der Waals surface area contributed by atoms with Gasteiger partial charge < -0.3 is 14.6 Å². The maximum absolute atomic E-state index is 13.0. The van der Waals surface area contributed by atoms with Gasteiger partial charge in [-0.2, -0.15) is 0 Å². The fraction of sp³-hybridized carbons (Fsp3) is 0.238. The summed E-state index contributed by atoms with van der Waals surface area (Å²) in [6.45, 7) is 4.50.